The molecular formula is C17H21N3O. The molecule has 1 heterocycles. The zero-order valence-corrected chi connectivity index (χ0v) is 12.3. The molecule has 4 heteroatoms. The summed E-state index contributed by atoms with van der Waals surface area (Å²) in [6, 6.07) is 12.0. The maximum absolute atomic E-state index is 11.7. The number of benzene rings is 1. The van der Waals surface area contributed by atoms with E-state index in [-0.39, 0.29) is 6.03 Å². The number of carbonyl (C=O) groups is 1. The zero-order valence-electron chi connectivity index (χ0n) is 12.3. The molecule has 110 valence electrons. The summed E-state index contributed by atoms with van der Waals surface area (Å²) in [6.07, 6.45) is 5.20. The van der Waals surface area contributed by atoms with Gasteiger partial charge in [0, 0.05) is 25.5 Å². The average Bonchev–Trinajstić information content (AvgIpc) is 2.50. The van der Waals surface area contributed by atoms with Crippen molar-refractivity contribution in [3.63, 3.8) is 0 Å². The summed E-state index contributed by atoms with van der Waals surface area (Å²) in [5.41, 5.74) is 3.65. The predicted octanol–water partition coefficient (Wildman–Crippen LogP) is 2.47. The maximum atomic E-state index is 11.7. The molecule has 1 aromatic carbocycles. The zero-order chi connectivity index (χ0) is 14.9. The molecule has 0 aliphatic carbocycles. The Hall–Kier alpha value is -2.36. The van der Waals surface area contributed by atoms with Crippen LogP contribution < -0.4 is 10.6 Å². The summed E-state index contributed by atoms with van der Waals surface area (Å²) in [7, 11) is 0. The van der Waals surface area contributed by atoms with Gasteiger partial charge in [-0.2, -0.15) is 0 Å². The number of amides is 2. The minimum absolute atomic E-state index is 0.118. The number of aromatic nitrogens is 1. The van der Waals surface area contributed by atoms with Gasteiger partial charge in [-0.05, 0) is 42.5 Å². The highest BCUT2D eigenvalue weighted by Crippen LogP contribution is 2.06. The molecule has 2 rings (SSSR count). The highest BCUT2D eigenvalue weighted by atomic mass is 16.2. The molecule has 0 unspecified atom stereocenters. The van der Waals surface area contributed by atoms with Crippen molar-refractivity contribution >= 4 is 6.03 Å². The minimum Gasteiger partial charge on any atom is -0.338 e. The number of nitrogens with one attached hydrogen (secondary N) is 2. The van der Waals surface area contributed by atoms with Crippen molar-refractivity contribution < 1.29 is 4.79 Å². The van der Waals surface area contributed by atoms with E-state index in [9.17, 15) is 4.79 Å². The second-order valence-electron chi connectivity index (χ2n) is 4.97. The van der Waals surface area contributed by atoms with E-state index in [2.05, 4.69) is 34.7 Å². The minimum atomic E-state index is -0.118. The molecule has 0 fully saturated rings. The van der Waals surface area contributed by atoms with Crippen molar-refractivity contribution in [2.75, 3.05) is 13.1 Å². The van der Waals surface area contributed by atoms with Gasteiger partial charge in [-0.25, -0.2) is 4.79 Å². The Kier molecular flexibility index (Phi) is 5.76. The quantitative estimate of drug-likeness (QED) is 0.855. The highest BCUT2D eigenvalue weighted by Gasteiger charge is 2.01. The number of aryl methyl sites for hydroxylation is 1. The number of pyridine rings is 1. The van der Waals surface area contributed by atoms with Crippen LogP contribution in [0.25, 0.3) is 0 Å². The summed E-state index contributed by atoms with van der Waals surface area (Å²) in [4.78, 5) is 15.7. The van der Waals surface area contributed by atoms with E-state index in [1.165, 1.54) is 11.1 Å². The van der Waals surface area contributed by atoms with Crippen molar-refractivity contribution in [2.45, 2.75) is 19.8 Å². The second kappa shape index (κ2) is 8.04. The number of urea groups is 1. The van der Waals surface area contributed by atoms with Gasteiger partial charge >= 0.3 is 6.03 Å². The molecule has 0 bridgehead atoms. The number of carbonyl (C=O) groups excluding carboxylic acids is 1. The summed E-state index contributed by atoms with van der Waals surface area (Å²) in [5.74, 6) is 0. The Morgan fingerprint density at radius 3 is 2.52 bits per heavy atom. The lowest BCUT2D eigenvalue weighted by molar-refractivity contribution is 0.241. The fourth-order valence-electron chi connectivity index (χ4n) is 2.13. The van der Waals surface area contributed by atoms with Crippen LogP contribution in [0.1, 0.15) is 16.7 Å². The Balaban J connectivity index is 1.63. The first-order chi connectivity index (χ1) is 10.3. The Morgan fingerprint density at radius 2 is 1.81 bits per heavy atom. The van der Waals surface area contributed by atoms with Crippen LogP contribution in [0, 0.1) is 6.92 Å². The molecule has 0 aliphatic heterocycles. The molecule has 4 nitrogen and oxygen atoms in total. The van der Waals surface area contributed by atoms with E-state index >= 15 is 0 Å². The van der Waals surface area contributed by atoms with E-state index in [1.807, 2.05) is 30.5 Å². The third-order valence-corrected chi connectivity index (χ3v) is 3.36. The number of hydrogen-bond donors (Lipinski definition) is 2. The van der Waals surface area contributed by atoms with Crippen molar-refractivity contribution in [3.05, 3.63) is 65.5 Å². The molecule has 0 aliphatic rings. The van der Waals surface area contributed by atoms with E-state index in [1.54, 1.807) is 6.20 Å². The number of nitrogens with zero attached hydrogens (tertiary/aromatic N) is 1. The first-order valence-corrected chi connectivity index (χ1v) is 7.21. The van der Waals surface area contributed by atoms with Crippen molar-refractivity contribution in [1.82, 2.24) is 15.6 Å². The molecule has 0 spiro atoms. The molecule has 1 aromatic heterocycles. The van der Waals surface area contributed by atoms with Gasteiger partial charge in [0.2, 0.25) is 0 Å². The lowest BCUT2D eigenvalue weighted by atomic mass is 10.1. The summed E-state index contributed by atoms with van der Waals surface area (Å²) in [5, 5.41) is 5.73. The first-order valence-electron chi connectivity index (χ1n) is 7.21. The fraction of sp³-hybridized carbons (Fsp3) is 0.294. The monoisotopic (exact) mass is 283 g/mol. The second-order valence-corrected chi connectivity index (χ2v) is 4.97. The van der Waals surface area contributed by atoms with E-state index in [0.717, 1.165) is 18.4 Å². The van der Waals surface area contributed by atoms with Crippen LogP contribution in [-0.4, -0.2) is 24.1 Å². The van der Waals surface area contributed by atoms with E-state index in [0.29, 0.717) is 13.1 Å². The van der Waals surface area contributed by atoms with Crippen LogP contribution >= 0.6 is 0 Å². The molecular weight excluding hydrogens is 262 g/mol. The van der Waals surface area contributed by atoms with Crippen LogP contribution in [0.4, 0.5) is 4.79 Å². The summed E-state index contributed by atoms with van der Waals surface area (Å²) < 4.78 is 0. The van der Waals surface area contributed by atoms with Crippen molar-refractivity contribution in [2.24, 2.45) is 0 Å². The van der Waals surface area contributed by atoms with Crippen molar-refractivity contribution in [1.29, 1.82) is 0 Å². The molecule has 0 saturated carbocycles. The first kappa shape index (κ1) is 15.0. The standard InChI is InChI=1S/C17H21N3O/c1-14-5-2-3-7-16(14)9-12-20-17(21)19-11-8-15-6-4-10-18-13-15/h2-7,10,13H,8-9,11-12H2,1H3,(H2,19,20,21). The third-order valence-electron chi connectivity index (χ3n) is 3.36. The van der Waals surface area contributed by atoms with E-state index in [4.69, 9.17) is 0 Å². The molecule has 0 radical (unpaired) electrons. The highest BCUT2D eigenvalue weighted by molar-refractivity contribution is 5.73. The Labute approximate surface area is 125 Å². The third kappa shape index (κ3) is 5.26. The van der Waals surface area contributed by atoms with Crippen LogP contribution in [0.3, 0.4) is 0 Å². The maximum Gasteiger partial charge on any atom is 0.314 e. The summed E-state index contributed by atoms with van der Waals surface area (Å²) in [6.45, 7) is 3.34. The topological polar surface area (TPSA) is 54.0 Å². The lowest BCUT2D eigenvalue weighted by Crippen LogP contribution is -2.37. The fourth-order valence-corrected chi connectivity index (χ4v) is 2.13. The smallest absolute Gasteiger partial charge is 0.314 e. The van der Waals surface area contributed by atoms with E-state index < -0.39 is 0 Å². The van der Waals surface area contributed by atoms with Gasteiger partial charge in [0.25, 0.3) is 0 Å². The number of hydrogen-bond acceptors (Lipinski definition) is 2. The van der Waals surface area contributed by atoms with Gasteiger partial charge in [-0.3, -0.25) is 4.98 Å². The van der Waals surface area contributed by atoms with Gasteiger partial charge in [0.1, 0.15) is 0 Å². The van der Waals surface area contributed by atoms with Gasteiger partial charge in [0.05, 0.1) is 0 Å². The lowest BCUT2D eigenvalue weighted by Gasteiger charge is -2.09. The van der Waals surface area contributed by atoms with Crippen molar-refractivity contribution in [3.8, 4) is 0 Å². The normalized spacial score (nSPS) is 10.1. The van der Waals surface area contributed by atoms with Crippen LogP contribution in [0.15, 0.2) is 48.8 Å². The van der Waals surface area contributed by atoms with Crippen LogP contribution in [-0.2, 0) is 12.8 Å². The largest absolute Gasteiger partial charge is 0.338 e. The molecule has 0 atom stereocenters. The van der Waals surface area contributed by atoms with Gasteiger partial charge in [0.15, 0.2) is 0 Å². The molecule has 2 N–H and O–H groups in total. The van der Waals surface area contributed by atoms with Crippen LogP contribution in [0.2, 0.25) is 0 Å². The predicted molar refractivity (Wildman–Crippen MR) is 84.2 cm³/mol. The average molecular weight is 283 g/mol. The van der Waals surface area contributed by atoms with Crippen LogP contribution in [0.5, 0.6) is 0 Å². The van der Waals surface area contributed by atoms with Gasteiger partial charge in [-0.15, -0.1) is 0 Å². The summed E-state index contributed by atoms with van der Waals surface area (Å²) >= 11 is 0. The molecule has 21 heavy (non-hydrogen) atoms. The molecule has 0 saturated heterocycles. The molecule has 2 aromatic rings. The molecule has 2 amide bonds. The Morgan fingerprint density at radius 1 is 1.05 bits per heavy atom. The SMILES string of the molecule is Cc1ccccc1CCNC(=O)NCCc1cccnc1. The Bertz CT molecular complexity index is 569. The van der Waals surface area contributed by atoms with Gasteiger partial charge < -0.3 is 10.6 Å². The number of rotatable bonds is 6. The van der Waals surface area contributed by atoms with Gasteiger partial charge in [-0.1, -0.05) is 30.3 Å².